The summed E-state index contributed by atoms with van der Waals surface area (Å²) in [5.74, 6) is 0.841. The van der Waals surface area contributed by atoms with Gasteiger partial charge in [0.05, 0.1) is 21.1 Å². The molecule has 0 bridgehead atoms. The first-order valence-corrected chi connectivity index (χ1v) is 7.72. The van der Waals surface area contributed by atoms with E-state index in [4.69, 9.17) is 16.3 Å². The summed E-state index contributed by atoms with van der Waals surface area (Å²) in [5.41, 5.74) is 1.92. The minimum atomic E-state index is 0.0761. The van der Waals surface area contributed by atoms with Crippen LogP contribution in [0, 0.1) is 0 Å². The molecule has 2 aromatic carbocycles. The summed E-state index contributed by atoms with van der Waals surface area (Å²) < 4.78 is 7.03. The molecule has 0 radical (unpaired) electrons. The number of hydrogen-bond acceptors (Lipinski definition) is 3. The van der Waals surface area contributed by atoms with Crippen LogP contribution >= 0.6 is 43.5 Å². The summed E-state index contributed by atoms with van der Waals surface area (Å²) >= 11 is 12.8. The second-order valence-electron chi connectivity index (χ2n) is 4.11. The molecule has 0 fully saturated rings. The lowest BCUT2D eigenvalue weighted by Gasteiger charge is -2.11. The SMILES string of the molecule is COc1c(Br)cc(CNc2ccc(O)c(Cl)c2)cc1Br. The molecular formula is C14H12Br2ClNO2. The fraction of sp³-hybridized carbons (Fsp3) is 0.143. The molecule has 2 rings (SSSR count). The molecule has 6 heteroatoms. The molecule has 0 amide bonds. The van der Waals surface area contributed by atoms with Crippen LogP contribution in [0.4, 0.5) is 5.69 Å². The van der Waals surface area contributed by atoms with E-state index in [0.29, 0.717) is 11.6 Å². The van der Waals surface area contributed by atoms with E-state index in [1.807, 2.05) is 12.1 Å². The molecule has 0 saturated heterocycles. The van der Waals surface area contributed by atoms with E-state index in [1.165, 1.54) is 0 Å². The third kappa shape index (κ3) is 3.59. The van der Waals surface area contributed by atoms with Crippen LogP contribution in [-0.2, 0) is 6.54 Å². The van der Waals surface area contributed by atoms with E-state index in [9.17, 15) is 5.11 Å². The summed E-state index contributed by atoms with van der Waals surface area (Å²) in [5, 5.41) is 12.9. The first kappa shape index (κ1) is 15.5. The van der Waals surface area contributed by atoms with Crippen LogP contribution in [0.2, 0.25) is 5.02 Å². The van der Waals surface area contributed by atoms with Gasteiger partial charge >= 0.3 is 0 Å². The molecule has 0 aliphatic carbocycles. The molecule has 0 atom stereocenters. The van der Waals surface area contributed by atoms with E-state index >= 15 is 0 Å². The predicted molar refractivity (Wildman–Crippen MR) is 88.8 cm³/mol. The van der Waals surface area contributed by atoms with Crippen molar-refractivity contribution in [1.29, 1.82) is 0 Å². The smallest absolute Gasteiger partial charge is 0.147 e. The minimum absolute atomic E-state index is 0.0761. The highest BCUT2D eigenvalue weighted by Gasteiger charge is 2.08. The van der Waals surface area contributed by atoms with Gasteiger partial charge in [-0.2, -0.15) is 0 Å². The van der Waals surface area contributed by atoms with Gasteiger partial charge in [-0.15, -0.1) is 0 Å². The molecule has 0 aromatic heterocycles. The van der Waals surface area contributed by atoms with Gasteiger partial charge < -0.3 is 15.2 Å². The Morgan fingerprint density at radius 1 is 1.20 bits per heavy atom. The van der Waals surface area contributed by atoms with Crippen molar-refractivity contribution in [3.8, 4) is 11.5 Å². The van der Waals surface area contributed by atoms with E-state index in [0.717, 1.165) is 25.9 Å². The number of benzene rings is 2. The Kier molecular flexibility index (Phi) is 5.18. The number of phenols is 1. The van der Waals surface area contributed by atoms with Crippen molar-refractivity contribution >= 4 is 49.1 Å². The molecule has 0 heterocycles. The summed E-state index contributed by atoms with van der Waals surface area (Å²) in [6.07, 6.45) is 0. The van der Waals surface area contributed by atoms with Crippen LogP contribution in [0.15, 0.2) is 39.3 Å². The highest BCUT2D eigenvalue weighted by Crippen LogP contribution is 2.34. The van der Waals surface area contributed by atoms with Crippen molar-refractivity contribution in [2.75, 3.05) is 12.4 Å². The summed E-state index contributed by atoms with van der Waals surface area (Å²) in [6.45, 7) is 0.627. The number of hydrogen-bond donors (Lipinski definition) is 2. The van der Waals surface area contributed by atoms with Crippen LogP contribution in [0.1, 0.15) is 5.56 Å². The summed E-state index contributed by atoms with van der Waals surface area (Å²) in [4.78, 5) is 0. The van der Waals surface area contributed by atoms with Crippen molar-refractivity contribution in [1.82, 2.24) is 0 Å². The zero-order valence-electron chi connectivity index (χ0n) is 10.6. The number of phenolic OH excluding ortho intramolecular Hbond substituents is 1. The Bertz CT molecular complexity index is 612. The van der Waals surface area contributed by atoms with Gasteiger partial charge in [0, 0.05) is 12.2 Å². The largest absolute Gasteiger partial charge is 0.506 e. The quantitative estimate of drug-likeness (QED) is 0.668. The fourth-order valence-electron chi connectivity index (χ4n) is 1.73. The van der Waals surface area contributed by atoms with Gasteiger partial charge in [0.2, 0.25) is 0 Å². The first-order chi connectivity index (χ1) is 9.51. The van der Waals surface area contributed by atoms with E-state index in [1.54, 1.807) is 25.3 Å². The van der Waals surface area contributed by atoms with Crippen molar-refractivity contribution in [2.24, 2.45) is 0 Å². The van der Waals surface area contributed by atoms with Gasteiger partial charge in [0.25, 0.3) is 0 Å². The minimum Gasteiger partial charge on any atom is -0.506 e. The Morgan fingerprint density at radius 3 is 2.40 bits per heavy atom. The van der Waals surface area contributed by atoms with Gasteiger partial charge in [-0.1, -0.05) is 11.6 Å². The van der Waals surface area contributed by atoms with E-state index in [-0.39, 0.29) is 5.75 Å². The zero-order valence-corrected chi connectivity index (χ0v) is 14.5. The highest BCUT2D eigenvalue weighted by atomic mass is 79.9. The molecule has 3 nitrogen and oxygen atoms in total. The molecule has 0 aliphatic rings. The average Bonchev–Trinajstić information content (AvgIpc) is 2.40. The van der Waals surface area contributed by atoms with Gasteiger partial charge in [0.15, 0.2) is 0 Å². The molecule has 20 heavy (non-hydrogen) atoms. The standard InChI is InChI=1S/C14H12Br2ClNO2/c1-20-14-10(15)4-8(5-11(14)16)7-18-9-2-3-13(19)12(17)6-9/h2-6,18-19H,7H2,1H3. The van der Waals surface area contributed by atoms with Crippen molar-refractivity contribution in [3.05, 3.63) is 49.9 Å². The lowest BCUT2D eigenvalue weighted by molar-refractivity contribution is 0.409. The molecule has 0 aliphatic heterocycles. The number of methoxy groups -OCH3 is 1. The molecule has 0 unspecified atom stereocenters. The van der Waals surface area contributed by atoms with Crippen LogP contribution in [0.5, 0.6) is 11.5 Å². The number of anilines is 1. The van der Waals surface area contributed by atoms with Crippen molar-refractivity contribution in [3.63, 3.8) is 0 Å². The topological polar surface area (TPSA) is 41.5 Å². The number of aromatic hydroxyl groups is 1. The number of nitrogens with one attached hydrogen (secondary N) is 1. The van der Waals surface area contributed by atoms with Gasteiger partial charge in [-0.3, -0.25) is 0 Å². The molecule has 0 saturated carbocycles. The van der Waals surface area contributed by atoms with E-state index in [2.05, 4.69) is 37.2 Å². The molecule has 106 valence electrons. The van der Waals surface area contributed by atoms with Crippen LogP contribution in [0.25, 0.3) is 0 Å². The van der Waals surface area contributed by atoms with Gasteiger partial charge in [-0.25, -0.2) is 0 Å². The Morgan fingerprint density at radius 2 is 1.85 bits per heavy atom. The second-order valence-corrected chi connectivity index (χ2v) is 6.23. The average molecular weight is 422 g/mol. The Labute approximate surface area is 139 Å². The second kappa shape index (κ2) is 6.70. The summed E-state index contributed by atoms with van der Waals surface area (Å²) in [6, 6.07) is 8.99. The molecule has 0 spiro atoms. The van der Waals surface area contributed by atoms with Crippen LogP contribution in [-0.4, -0.2) is 12.2 Å². The highest BCUT2D eigenvalue weighted by molar-refractivity contribution is 9.11. The first-order valence-electron chi connectivity index (χ1n) is 5.75. The normalized spacial score (nSPS) is 10.4. The molecular weight excluding hydrogens is 409 g/mol. The monoisotopic (exact) mass is 419 g/mol. The molecule has 2 N–H and O–H groups in total. The summed E-state index contributed by atoms with van der Waals surface area (Å²) in [7, 11) is 1.63. The molecule has 2 aromatic rings. The van der Waals surface area contributed by atoms with Crippen molar-refractivity contribution in [2.45, 2.75) is 6.54 Å². The maximum Gasteiger partial charge on any atom is 0.147 e. The third-order valence-corrected chi connectivity index (χ3v) is 4.19. The van der Waals surface area contributed by atoms with Crippen LogP contribution in [0.3, 0.4) is 0 Å². The Hall–Kier alpha value is -0.910. The fourth-order valence-corrected chi connectivity index (χ4v) is 3.52. The maximum atomic E-state index is 9.37. The van der Waals surface area contributed by atoms with E-state index < -0.39 is 0 Å². The number of halogens is 3. The van der Waals surface area contributed by atoms with Gasteiger partial charge in [0.1, 0.15) is 11.5 Å². The predicted octanol–water partition coefficient (Wildman–Crippen LogP) is 5.19. The Balaban J connectivity index is 2.13. The lowest BCUT2D eigenvalue weighted by atomic mass is 10.2. The van der Waals surface area contributed by atoms with Crippen LogP contribution < -0.4 is 10.1 Å². The lowest BCUT2D eigenvalue weighted by Crippen LogP contribution is -2.00. The number of rotatable bonds is 4. The van der Waals surface area contributed by atoms with Crippen molar-refractivity contribution < 1.29 is 9.84 Å². The maximum absolute atomic E-state index is 9.37. The zero-order chi connectivity index (χ0) is 14.7. The van der Waals surface area contributed by atoms with Gasteiger partial charge in [-0.05, 0) is 67.8 Å². The number of ether oxygens (including phenoxy) is 1. The third-order valence-electron chi connectivity index (χ3n) is 2.71.